The molecule has 1 N–H and O–H groups in total. The van der Waals surface area contributed by atoms with Crippen LogP contribution in [0.3, 0.4) is 0 Å². The Kier molecular flexibility index (Phi) is 4.73. The van der Waals surface area contributed by atoms with Crippen molar-refractivity contribution in [3.8, 4) is 0 Å². The zero-order valence-electron chi connectivity index (χ0n) is 10.4. The standard InChI is InChI=1S/C15H17ClN2/c1-12-6-5-9-14(18-12)11-17-15(10-16)13-7-3-2-4-8-13/h2-9,15,17H,10-11H2,1H3. The van der Waals surface area contributed by atoms with Gasteiger partial charge in [-0.2, -0.15) is 0 Å². The number of halogens is 1. The van der Waals surface area contributed by atoms with E-state index in [4.69, 9.17) is 11.6 Å². The number of pyridine rings is 1. The Morgan fingerprint density at radius 2 is 1.89 bits per heavy atom. The van der Waals surface area contributed by atoms with Crippen LogP contribution >= 0.6 is 11.6 Å². The summed E-state index contributed by atoms with van der Waals surface area (Å²) in [6, 6.07) is 16.5. The Labute approximate surface area is 113 Å². The van der Waals surface area contributed by atoms with E-state index >= 15 is 0 Å². The van der Waals surface area contributed by atoms with E-state index in [1.165, 1.54) is 5.56 Å². The molecule has 2 aromatic rings. The lowest BCUT2D eigenvalue weighted by atomic mass is 10.1. The fourth-order valence-electron chi connectivity index (χ4n) is 1.87. The summed E-state index contributed by atoms with van der Waals surface area (Å²) in [5, 5.41) is 3.43. The largest absolute Gasteiger partial charge is 0.303 e. The Morgan fingerprint density at radius 1 is 1.11 bits per heavy atom. The van der Waals surface area contributed by atoms with Gasteiger partial charge in [-0.1, -0.05) is 36.4 Å². The fraction of sp³-hybridized carbons (Fsp3) is 0.267. The SMILES string of the molecule is Cc1cccc(CNC(CCl)c2ccccc2)n1. The lowest BCUT2D eigenvalue weighted by Gasteiger charge is -2.16. The van der Waals surface area contributed by atoms with E-state index in [9.17, 15) is 0 Å². The third-order valence-electron chi connectivity index (χ3n) is 2.83. The summed E-state index contributed by atoms with van der Waals surface area (Å²) >= 11 is 6.02. The zero-order chi connectivity index (χ0) is 12.8. The molecule has 3 heteroatoms. The number of alkyl halides is 1. The monoisotopic (exact) mass is 260 g/mol. The van der Waals surface area contributed by atoms with Crippen molar-refractivity contribution in [2.45, 2.75) is 19.5 Å². The third kappa shape index (κ3) is 3.56. The molecule has 0 aliphatic carbocycles. The molecule has 0 saturated carbocycles. The highest BCUT2D eigenvalue weighted by Crippen LogP contribution is 2.14. The van der Waals surface area contributed by atoms with Gasteiger partial charge in [-0.05, 0) is 24.6 Å². The van der Waals surface area contributed by atoms with Crippen molar-refractivity contribution >= 4 is 11.6 Å². The summed E-state index contributed by atoms with van der Waals surface area (Å²) in [6.07, 6.45) is 0. The molecule has 1 aromatic carbocycles. The topological polar surface area (TPSA) is 24.9 Å². The van der Waals surface area contributed by atoms with E-state index < -0.39 is 0 Å². The number of nitrogens with zero attached hydrogens (tertiary/aromatic N) is 1. The quantitative estimate of drug-likeness (QED) is 0.833. The first kappa shape index (κ1) is 13.1. The smallest absolute Gasteiger partial charge is 0.0545 e. The molecule has 0 amide bonds. The molecule has 0 bridgehead atoms. The van der Waals surface area contributed by atoms with Gasteiger partial charge in [0.1, 0.15) is 0 Å². The lowest BCUT2D eigenvalue weighted by molar-refractivity contribution is 0.572. The molecule has 1 unspecified atom stereocenters. The van der Waals surface area contributed by atoms with Gasteiger partial charge in [-0.15, -0.1) is 11.6 Å². The number of benzene rings is 1. The van der Waals surface area contributed by atoms with Gasteiger partial charge in [-0.25, -0.2) is 0 Å². The van der Waals surface area contributed by atoms with Gasteiger partial charge in [0.05, 0.1) is 5.69 Å². The first-order valence-electron chi connectivity index (χ1n) is 6.06. The van der Waals surface area contributed by atoms with Crippen LogP contribution in [0.4, 0.5) is 0 Å². The molecule has 0 aliphatic rings. The predicted molar refractivity (Wildman–Crippen MR) is 75.7 cm³/mol. The summed E-state index contributed by atoms with van der Waals surface area (Å²) < 4.78 is 0. The van der Waals surface area contributed by atoms with E-state index in [1.807, 2.05) is 43.3 Å². The first-order chi connectivity index (χ1) is 8.79. The number of hydrogen-bond donors (Lipinski definition) is 1. The fourth-order valence-corrected chi connectivity index (χ4v) is 2.16. The molecule has 0 fully saturated rings. The van der Waals surface area contributed by atoms with Crippen LogP contribution in [0.5, 0.6) is 0 Å². The summed E-state index contributed by atoms with van der Waals surface area (Å²) in [5.74, 6) is 0.551. The Balaban J connectivity index is 2.00. The molecular weight excluding hydrogens is 244 g/mol. The highest BCUT2D eigenvalue weighted by atomic mass is 35.5. The highest BCUT2D eigenvalue weighted by Gasteiger charge is 2.09. The summed E-state index contributed by atoms with van der Waals surface area (Å²) in [4.78, 5) is 4.47. The van der Waals surface area contributed by atoms with E-state index in [2.05, 4.69) is 22.4 Å². The molecule has 2 nitrogen and oxygen atoms in total. The van der Waals surface area contributed by atoms with Crippen molar-refractivity contribution < 1.29 is 0 Å². The summed E-state index contributed by atoms with van der Waals surface area (Å²) in [6.45, 7) is 2.73. The summed E-state index contributed by atoms with van der Waals surface area (Å²) in [7, 11) is 0. The van der Waals surface area contributed by atoms with Gasteiger partial charge in [0.2, 0.25) is 0 Å². The average molecular weight is 261 g/mol. The number of aromatic nitrogens is 1. The van der Waals surface area contributed by atoms with Crippen LogP contribution in [-0.4, -0.2) is 10.9 Å². The van der Waals surface area contributed by atoms with Crippen molar-refractivity contribution in [1.29, 1.82) is 0 Å². The first-order valence-corrected chi connectivity index (χ1v) is 6.60. The van der Waals surface area contributed by atoms with Crippen LogP contribution in [0.1, 0.15) is 23.0 Å². The van der Waals surface area contributed by atoms with Crippen LogP contribution in [0, 0.1) is 6.92 Å². The molecular formula is C15H17ClN2. The maximum Gasteiger partial charge on any atom is 0.0545 e. The van der Waals surface area contributed by atoms with Crippen LogP contribution in [-0.2, 0) is 6.54 Å². The van der Waals surface area contributed by atoms with Gasteiger partial charge in [-0.3, -0.25) is 4.98 Å². The van der Waals surface area contributed by atoms with E-state index in [-0.39, 0.29) is 6.04 Å². The molecule has 1 atom stereocenters. The van der Waals surface area contributed by atoms with Crippen molar-refractivity contribution in [2.24, 2.45) is 0 Å². The zero-order valence-corrected chi connectivity index (χ0v) is 11.2. The molecule has 0 spiro atoms. The molecule has 0 saturated heterocycles. The van der Waals surface area contributed by atoms with E-state index in [0.717, 1.165) is 17.9 Å². The Morgan fingerprint density at radius 3 is 2.56 bits per heavy atom. The predicted octanol–water partition coefficient (Wildman–Crippen LogP) is 3.46. The normalized spacial score (nSPS) is 12.3. The lowest BCUT2D eigenvalue weighted by Crippen LogP contribution is -2.22. The number of aryl methyl sites for hydroxylation is 1. The molecule has 1 heterocycles. The second-order valence-electron chi connectivity index (χ2n) is 4.27. The molecule has 94 valence electrons. The minimum atomic E-state index is 0.162. The van der Waals surface area contributed by atoms with Gasteiger partial charge in [0, 0.05) is 24.2 Å². The number of rotatable bonds is 5. The summed E-state index contributed by atoms with van der Waals surface area (Å²) in [5.41, 5.74) is 3.29. The van der Waals surface area contributed by atoms with Crippen LogP contribution < -0.4 is 5.32 Å². The maximum atomic E-state index is 6.02. The van der Waals surface area contributed by atoms with Crippen LogP contribution in [0.15, 0.2) is 48.5 Å². The van der Waals surface area contributed by atoms with Gasteiger partial charge < -0.3 is 5.32 Å². The molecule has 2 rings (SSSR count). The van der Waals surface area contributed by atoms with E-state index in [1.54, 1.807) is 0 Å². The minimum absolute atomic E-state index is 0.162. The van der Waals surface area contributed by atoms with Crippen molar-refractivity contribution in [2.75, 3.05) is 5.88 Å². The van der Waals surface area contributed by atoms with Gasteiger partial charge >= 0.3 is 0 Å². The van der Waals surface area contributed by atoms with E-state index in [0.29, 0.717) is 5.88 Å². The van der Waals surface area contributed by atoms with Crippen LogP contribution in [0.25, 0.3) is 0 Å². The second-order valence-corrected chi connectivity index (χ2v) is 4.58. The second kappa shape index (κ2) is 6.53. The molecule has 1 aromatic heterocycles. The van der Waals surface area contributed by atoms with Crippen molar-refractivity contribution in [1.82, 2.24) is 10.3 Å². The minimum Gasteiger partial charge on any atom is -0.303 e. The van der Waals surface area contributed by atoms with Gasteiger partial charge in [0.25, 0.3) is 0 Å². The Hall–Kier alpha value is -1.38. The van der Waals surface area contributed by atoms with Gasteiger partial charge in [0.15, 0.2) is 0 Å². The highest BCUT2D eigenvalue weighted by molar-refractivity contribution is 6.18. The van der Waals surface area contributed by atoms with Crippen LogP contribution in [0.2, 0.25) is 0 Å². The molecule has 18 heavy (non-hydrogen) atoms. The Bertz CT molecular complexity index is 485. The van der Waals surface area contributed by atoms with Crippen molar-refractivity contribution in [3.05, 3.63) is 65.5 Å². The average Bonchev–Trinajstić information content (AvgIpc) is 2.41. The number of hydrogen-bond acceptors (Lipinski definition) is 2. The maximum absolute atomic E-state index is 6.02. The number of nitrogens with one attached hydrogen (secondary N) is 1. The molecule has 0 aliphatic heterocycles. The van der Waals surface area contributed by atoms with Crippen molar-refractivity contribution in [3.63, 3.8) is 0 Å². The third-order valence-corrected chi connectivity index (χ3v) is 3.14. The molecule has 0 radical (unpaired) electrons.